The zero-order valence-electron chi connectivity index (χ0n) is 14.0. The molecule has 128 valence electrons. The molecule has 0 radical (unpaired) electrons. The molecule has 0 unspecified atom stereocenters. The average Bonchev–Trinajstić information content (AvgIpc) is 3.25. The van der Waals surface area contributed by atoms with E-state index >= 15 is 0 Å². The van der Waals surface area contributed by atoms with E-state index in [1.807, 2.05) is 24.3 Å². The number of amides is 1. The van der Waals surface area contributed by atoms with Crippen molar-refractivity contribution >= 4 is 28.7 Å². The van der Waals surface area contributed by atoms with E-state index in [1.165, 1.54) is 35.3 Å². The fourth-order valence-corrected chi connectivity index (χ4v) is 4.07. The van der Waals surface area contributed by atoms with Crippen LogP contribution in [0.5, 0.6) is 0 Å². The van der Waals surface area contributed by atoms with Crippen LogP contribution in [-0.2, 0) is 24.1 Å². The van der Waals surface area contributed by atoms with E-state index in [-0.39, 0.29) is 5.91 Å². The highest BCUT2D eigenvalue weighted by Gasteiger charge is 2.11. The molecule has 0 saturated carbocycles. The predicted octanol–water partition coefficient (Wildman–Crippen LogP) is 3.50. The lowest BCUT2D eigenvalue weighted by Gasteiger charge is -2.06. The summed E-state index contributed by atoms with van der Waals surface area (Å²) in [6.45, 7) is 0.601. The Morgan fingerprint density at radius 1 is 1.16 bits per heavy atom. The van der Waals surface area contributed by atoms with Crippen LogP contribution in [0, 0.1) is 0 Å². The zero-order chi connectivity index (χ0) is 17.1. The van der Waals surface area contributed by atoms with E-state index in [2.05, 4.69) is 33.5 Å². The van der Waals surface area contributed by atoms with Gasteiger partial charge in [-0.3, -0.25) is 4.79 Å². The smallest absolute Gasteiger partial charge is 0.230 e. The Hall–Kier alpha value is -2.27. The molecule has 1 aromatic heterocycles. The summed E-state index contributed by atoms with van der Waals surface area (Å²) in [5, 5.41) is 2.98. The summed E-state index contributed by atoms with van der Waals surface area (Å²) >= 11 is 1.61. The van der Waals surface area contributed by atoms with E-state index in [0.29, 0.717) is 18.7 Å². The maximum Gasteiger partial charge on any atom is 0.230 e. The third-order valence-corrected chi connectivity index (χ3v) is 5.56. The maximum atomic E-state index is 12.0. The van der Waals surface area contributed by atoms with Gasteiger partial charge in [-0.05, 0) is 54.7 Å². The molecule has 25 heavy (non-hydrogen) atoms. The molecule has 1 heterocycles. The Morgan fingerprint density at radius 3 is 2.96 bits per heavy atom. The number of aromatic amines is 1. The molecule has 5 heteroatoms. The lowest BCUT2D eigenvalue weighted by Crippen LogP contribution is -2.27. The van der Waals surface area contributed by atoms with Crippen molar-refractivity contribution in [2.45, 2.75) is 30.6 Å². The lowest BCUT2D eigenvalue weighted by molar-refractivity contribution is -0.118. The monoisotopic (exact) mass is 351 g/mol. The van der Waals surface area contributed by atoms with Crippen molar-refractivity contribution in [3.63, 3.8) is 0 Å². The lowest BCUT2D eigenvalue weighted by atomic mass is 10.1. The third kappa shape index (κ3) is 3.87. The van der Waals surface area contributed by atoms with Crippen LogP contribution in [-0.4, -0.2) is 28.2 Å². The highest BCUT2D eigenvalue weighted by molar-refractivity contribution is 8.00. The molecule has 4 nitrogen and oxygen atoms in total. The largest absolute Gasteiger partial charge is 0.355 e. The fraction of sp³-hybridized carbons (Fsp3) is 0.300. The number of imidazole rings is 1. The Labute approximate surface area is 151 Å². The molecule has 3 aromatic rings. The Morgan fingerprint density at radius 2 is 2.04 bits per heavy atom. The van der Waals surface area contributed by atoms with Gasteiger partial charge in [-0.1, -0.05) is 18.2 Å². The minimum absolute atomic E-state index is 0.0709. The Kier molecular flexibility index (Phi) is 4.74. The highest BCUT2D eigenvalue weighted by Crippen LogP contribution is 2.27. The van der Waals surface area contributed by atoms with Crippen LogP contribution in [0.2, 0.25) is 0 Å². The molecular formula is C20H21N3OS. The second-order valence-corrected chi connectivity index (χ2v) is 7.42. The number of hydrogen-bond donors (Lipinski definition) is 2. The van der Waals surface area contributed by atoms with E-state index < -0.39 is 0 Å². The van der Waals surface area contributed by atoms with Gasteiger partial charge in [-0.25, -0.2) is 4.98 Å². The summed E-state index contributed by atoms with van der Waals surface area (Å²) in [6, 6.07) is 14.6. The SMILES string of the molecule is O=C(CSc1ccc2c(c1)CCC2)NCCc1nc2ccccc2[nH]1. The summed E-state index contributed by atoms with van der Waals surface area (Å²) in [5.74, 6) is 1.44. The van der Waals surface area contributed by atoms with Crippen LogP contribution in [0.3, 0.4) is 0 Å². The molecule has 0 saturated heterocycles. The molecule has 1 amide bonds. The van der Waals surface area contributed by atoms with Gasteiger partial charge in [0, 0.05) is 17.9 Å². The van der Waals surface area contributed by atoms with E-state index in [4.69, 9.17) is 0 Å². The molecule has 4 rings (SSSR count). The van der Waals surface area contributed by atoms with E-state index in [9.17, 15) is 4.79 Å². The van der Waals surface area contributed by atoms with Gasteiger partial charge in [0.15, 0.2) is 0 Å². The first kappa shape index (κ1) is 16.2. The number of nitrogens with one attached hydrogen (secondary N) is 2. The van der Waals surface area contributed by atoms with Crippen LogP contribution in [0.1, 0.15) is 23.4 Å². The number of thioether (sulfide) groups is 1. The maximum absolute atomic E-state index is 12.0. The second-order valence-electron chi connectivity index (χ2n) is 6.37. The number of benzene rings is 2. The van der Waals surface area contributed by atoms with Gasteiger partial charge in [0.2, 0.25) is 5.91 Å². The Bertz CT molecular complexity index is 870. The van der Waals surface area contributed by atoms with E-state index in [1.54, 1.807) is 11.8 Å². The summed E-state index contributed by atoms with van der Waals surface area (Å²) in [5.41, 5.74) is 4.93. The number of carbonyl (C=O) groups is 1. The van der Waals surface area contributed by atoms with Crippen molar-refractivity contribution in [2.24, 2.45) is 0 Å². The number of carbonyl (C=O) groups excluding carboxylic acids is 1. The number of aromatic nitrogens is 2. The van der Waals surface area contributed by atoms with Crippen LogP contribution < -0.4 is 5.32 Å². The number of nitrogens with zero attached hydrogens (tertiary/aromatic N) is 1. The third-order valence-electron chi connectivity index (χ3n) is 4.56. The summed E-state index contributed by atoms with van der Waals surface area (Å²) in [7, 11) is 0. The molecule has 0 fully saturated rings. The van der Waals surface area contributed by atoms with Crippen LogP contribution in [0.25, 0.3) is 11.0 Å². The first-order valence-electron chi connectivity index (χ1n) is 8.73. The molecule has 0 spiro atoms. The summed E-state index contributed by atoms with van der Waals surface area (Å²) in [6.07, 6.45) is 4.34. The number of para-hydroxylation sites is 2. The first-order chi connectivity index (χ1) is 12.3. The first-order valence-corrected chi connectivity index (χ1v) is 9.71. The van der Waals surface area contributed by atoms with Crippen molar-refractivity contribution in [3.8, 4) is 0 Å². The highest BCUT2D eigenvalue weighted by atomic mass is 32.2. The van der Waals surface area contributed by atoms with Crippen molar-refractivity contribution in [2.75, 3.05) is 12.3 Å². The zero-order valence-corrected chi connectivity index (χ0v) is 14.9. The molecule has 0 bridgehead atoms. The van der Waals surface area contributed by atoms with Gasteiger partial charge in [-0.15, -0.1) is 11.8 Å². The van der Waals surface area contributed by atoms with Crippen molar-refractivity contribution in [1.82, 2.24) is 15.3 Å². The molecule has 0 atom stereocenters. The standard InChI is InChI=1S/C20H21N3OS/c24-20(13-25-16-9-8-14-4-3-5-15(14)12-16)21-11-10-19-22-17-6-1-2-7-18(17)23-19/h1-2,6-9,12H,3-5,10-11,13H2,(H,21,24)(H,22,23). The molecule has 2 aromatic carbocycles. The number of H-pyrrole nitrogens is 1. The number of fused-ring (bicyclic) bond motifs is 2. The minimum Gasteiger partial charge on any atom is -0.355 e. The molecule has 0 aliphatic heterocycles. The number of hydrogen-bond acceptors (Lipinski definition) is 3. The van der Waals surface area contributed by atoms with Gasteiger partial charge in [0.05, 0.1) is 16.8 Å². The van der Waals surface area contributed by atoms with E-state index in [0.717, 1.165) is 16.9 Å². The van der Waals surface area contributed by atoms with Crippen molar-refractivity contribution in [3.05, 3.63) is 59.4 Å². The predicted molar refractivity (Wildman–Crippen MR) is 102 cm³/mol. The van der Waals surface area contributed by atoms with Crippen molar-refractivity contribution < 1.29 is 4.79 Å². The Balaban J connectivity index is 1.24. The quantitative estimate of drug-likeness (QED) is 0.668. The van der Waals surface area contributed by atoms with Gasteiger partial charge in [0.25, 0.3) is 0 Å². The normalized spacial score (nSPS) is 13.1. The van der Waals surface area contributed by atoms with Gasteiger partial charge in [0.1, 0.15) is 5.82 Å². The molecule has 1 aliphatic rings. The fourth-order valence-electron chi connectivity index (χ4n) is 3.28. The molecule has 1 aliphatic carbocycles. The van der Waals surface area contributed by atoms with Gasteiger partial charge < -0.3 is 10.3 Å². The van der Waals surface area contributed by atoms with Gasteiger partial charge >= 0.3 is 0 Å². The van der Waals surface area contributed by atoms with Crippen LogP contribution >= 0.6 is 11.8 Å². The number of rotatable bonds is 6. The average molecular weight is 351 g/mol. The molecular weight excluding hydrogens is 330 g/mol. The summed E-state index contributed by atoms with van der Waals surface area (Å²) < 4.78 is 0. The molecule has 2 N–H and O–H groups in total. The second kappa shape index (κ2) is 7.31. The number of aryl methyl sites for hydroxylation is 2. The van der Waals surface area contributed by atoms with Crippen LogP contribution in [0.15, 0.2) is 47.4 Å². The summed E-state index contributed by atoms with van der Waals surface area (Å²) in [4.78, 5) is 21.0. The van der Waals surface area contributed by atoms with Crippen LogP contribution in [0.4, 0.5) is 0 Å². The minimum atomic E-state index is 0.0709. The van der Waals surface area contributed by atoms with Gasteiger partial charge in [-0.2, -0.15) is 0 Å². The topological polar surface area (TPSA) is 57.8 Å². The van der Waals surface area contributed by atoms with Crippen molar-refractivity contribution in [1.29, 1.82) is 0 Å².